The Morgan fingerprint density at radius 1 is 1.26 bits per heavy atom. The van der Waals surface area contributed by atoms with Gasteiger partial charge < -0.3 is 4.90 Å². The van der Waals surface area contributed by atoms with Crippen molar-refractivity contribution in [2.75, 3.05) is 11.4 Å². The van der Waals surface area contributed by atoms with Gasteiger partial charge in [-0.15, -0.1) is 0 Å². The van der Waals surface area contributed by atoms with Gasteiger partial charge in [-0.05, 0) is 24.6 Å². The van der Waals surface area contributed by atoms with Crippen molar-refractivity contribution in [2.45, 2.75) is 13.5 Å². The first kappa shape index (κ1) is 13.4. The van der Waals surface area contributed by atoms with Crippen molar-refractivity contribution in [2.24, 2.45) is 0 Å². The Balaban J connectivity index is 2.27. The molecule has 0 saturated heterocycles. The summed E-state index contributed by atoms with van der Waals surface area (Å²) in [5.74, 6) is 0.732. The number of pyridine rings is 1. The summed E-state index contributed by atoms with van der Waals surface area (Å²) in [6, 6.07) is 15.6. The number of benzene rings is 1. The maximum atomic E-state index is 8.98. The Bertz CT molecular complexity index is 590. The highest BCUT2D eigenvalue weighted by Crippen LogP contribution is 2.19. The summed E-state index contributed by atoms with van der Waals surface area (Å²) < 4.78 is 0. The second-order valence-electron chi connectivity index (χ2n) is 4.15. The Morgan fingerprint density at radius 2 is 2.00 bits per heavy atom. The first-order valence-electron chi connectivity index (χ1n) is 6.09. The minimum Gasteiger partial charge on any atom is -0.352 e. The molecule has 0 saturated carbocycles. The zero-order valence-corrected chi connectivity index (χ0v) is 11.4. The van der Waals surface area contributed by atoms with Gasteiger partial charge in [0.2, 0.25) is 0 Å². The lowest BCUT2D eigenvalue weighted by Crippen LogP contribution is -2.23. The lowest BCUT2D eigenvalue weighted by molar-refractivity contribution is 0.813. The van der Waals surface area contributed by atoms with Crippen LogP contribution in [0.25, 0.3) is 0 Å². The Hall–Kier alpha value is -2.05. The molecule has 96 valence electrons. The Labute approximate surface area is 118 Å². The number of nitrogens with zero attached hydrogens (tertiary/aromatic N) is 3. The van der Waals surface area contributed by atoms with Gasteiger partial charge in [-0.1, -0.05) is 41.9 Å². The van der Waals surface area contributed by atoms with Gasteiger partial charge in [0.15, 0.2) is 0 Å². The number of halogens is 1. The summed E-state index contributed by atoms with van der Waals surface area (Å²) >= 11 is 5.94. The number of anilines is 1. The van der Waals surface area contributed by atoms with E-state index in [1.807, 2.05) is 18.2 Å². The van der Waals surface area contributed by atoms with Gasteiger partial charge in [-0.2, -0.15) is 5.26 Å². The normalized spacial score (nSPS) is 9.95. The molecule has 1 aromatic carbocycles. The van der Waals surface area contributed by atoms with Crippen LogP contribution in [0.2, 0.25) is 5.15 Å². The molecule has 0 bridgehead atoms. The van der Waals surface area contributed by atoms with Gasteiger partial charge in [0.25, 0.3) is 0 Å². The Kier molecular flexibility index (Phi) is 4.38. The van der Waals surface area contributed by atoms with Crippen molar-refractivity contribution < 1.29 is 0 Å². The average molecular weight is 272 g/mol. The quantitative estimate of drug-likeness (QED) is 0.797. The van der Waals surface area contributed by atoms with E-state index in [4.69, 9.17) is 16.9 Å². The molecule has 0 aliphatic rings. The van der Waals surface area contributed by atoms with Crippen LogP contribution >= 0.6 is 11.6 Å². The first-order valence-corrected chi connectivity index (χ1v) is 6.47. The molecule has 0 amide bonds. The highest BCUT2D eigenvalue weighted by molar-refractivity contribution is 6.29. The zero-order valence-electron chi connectivity index (χ0n) is 10.7. The largest absolute Gasteiger partial charge is 0.352 e. The molecule has 2 rings (SSSR count). The molecule has 1 aromatic heterocycles. The third-order valence-corrected chi connectivity index (χ3v) is 3.03. The second-order valence-corrected chi connectivity index (χ2v) is 4.54. The van der Waals surface area contributed by atoms with E-state index in [0.717, 1.165) is 18.9 Å². The standard InChI is InChI=1S/C15H14ClN3/c1-2-19(11-12-6-4-3-5-7-12)15-9-13(10-17)8-14(16)18-15/h3-9H,2,11H2,1H3. The van der Waals surface area contributed by atoms with Crippen LogP contribution in [-0.2, 0) is 6.54 Å². The van der Waals surface area contributed by atoms with Crippen LogP contribution in [0.3, 0.4) is 0 Å². The summed E-state index contributed by atoms with van der Waals surface area (Å²) in [5, 5.41) is 9.32. The molecule has 0 aliphatic carbocycles. The van der Waals surface area contributed by atoms with Crippen molar-refractivity contribution in [1.29, 1.82) is 5.26 Å². The summed E-state index contributed by atoms with van der Waals surface area (Å²) in [6.07, 6.45) is 0. The fourth-order valence-electron chi connectivity index (χ4n) is 1.87. The van der Waals surface area contributed by atoms with Crippen molar-refractivity contribution in [3.8, 4) is 6.07 Å². The predicted molar refractivity (Wildman–Crippen MR) is 77.1 cm³/mol. The highest BCUT2D eigenvalue weighted by Gasteiger charge is 2.09. The summed E-state index contributed by atoms with van der Waals surface area (Å²) in [7, 11) is 0. The molecule has 0 fully saturated rings. The van der Waals surface area contributed by atoms with E-state index in [-0.39, 0.29) is 0 Å². The third kappa shape index (κ3) is 3.46. The Morgan fingerprint density at radius 3 is 2.63 bits per heavy atom. The third-order valence-electron chi connectivity index (χ3n) is 2.83. The first-order chi connectivity index (χ1) is 9.22. The molecule has 4 heteroatoms. The van der Waals surface area contributed by atoms with Gasteiger partial charge in [0, 0.05) is 13.1 Å². The zero-order chi connectivity index (χ0) is 13.7. The molecule has 0 spiro atoms. The van der Waals surface area contributed by atoms with E-state index in [2.05, 4.69) is 35.0 Å². The molecule has 0 atom stereocenters. The number of aromatic nitrogens is 1. The molecule has 0 radical (unpaired) electrons. The minimum atomic E-state index is 0.348. The highest BCUT2D eigenvalue weighted by atomic mass is 35.5. The lowest BCUT2D eigenvalue weighted by atomic mass is 10.2. The van der Waals surface area contributed by atoms with Crippen LogP contribution in [0.1, 0.15) is 18.1 Å². The van der Waals surface area contributed by atoms with E-state index in [1.165, 1.54) is 5.56 Å². The number of hydrogen-bond donors (Lipinski definition) is 0. The minimum absolute atomic E-state index is 0.348. The van der Waals surface area contributed by atoms with Gasteiger partial charge in [-0.3, -0.25) is 0 Å². The molecular formula is C15H14ClN3. The van der Waals surface area contributed by atoms with E-state index >= 15 is 0 Å². The number of hydrogen-bond acceptors (Lipinski definition) is 3. The topological polar surface area (TPSA) is 39.9 Å². The SMILES string of the molecule is CCN(Cc1ccccc1)c1cc(C#N)cc(Cl)n1. The van der Waals surface area contributed by atoms with Gasteiger partial charge in [-0.25, -0.2) is 4.98 Å². The van der Waals surface area contributed by atoms with Gasteiger partial charge in [0.05, 0.1) is 11.6 Å². The fraction of sp³-hybridized carbons (Fsp3) is 0.200. The second kappa shape index (κ2) is 6.21. The molecular weight excluding hydrogens is 258 g/mol. The van der Waals surface area contributed by atoms with Crippen molar-refractivity contribution >= 4 is 17.4 Å². The molecule has 1 heterocycles. The van der Waals surface area contributed by atoms with Crippen molar-refractivity contribution in [3.05, 3.63) is 58.7 Å². The number of nitriles is 1. The summed E-state index contributed by atoms with van der Waals surface area (Å²) in [4.78, 5) is 6.37. The molecule has 19 heavy (non-hydrogen) atoms. The van der Waals surface area contributed by atoms with Gasteiger partial charge >= 0.3 is 0 Å². The monoisotopic (exact) mass is 271 g/mol. The molecule has 0 unspecified atom stereocenters. The van der Waals surface area contributed by atoms with Crippen LogP contribution in [0.4, 0.5) is 5.82 Å². The molecule has 2 aromatic rings. The fourth-order valence-corrected chi connectivity index (χ4v) is 2.07. The van der Waals surface area contributed by atoms with Crippen molar-refractivity contribution in [3.63, 3.8) is 0 Å². The molecule has 0 N–H and O–H groups in total. The van der Waals surface area contributed by atoms with E-state index in [9.17, 15) is 0 Å². The van der Waals surface area contributed by atoms with Crippen molar-refractivity contribution in [1.82, 2.24) is 4.98 Å². The smallest absolute Gasteiger partial charge is 0.132 e. The number of rotatable bonds is 4. The van der Waals surface area contributed by atoms with E-state index < -0.39 is 0 Å². The van der Waals surface area contributed by atoms with E-state index in [0.29, 0.717) is 10.7 Å². The van der Waals surface area contributed by atoms with Gasteiger partial charge in [0.1, 0.15) is 11.0 Å². The van der Waals surface area contributed by atoms with Crippen LogP contribution in [0.5, 0.6) is 0 Å². The summed E-state index contributed by atoms with van der Waals surface area (Å²) in [6.45, 7) is 3.60. The van der Waals surface area contributed by atoms with Crippen LogP contribution in [-0.4, -0.2) is 11.5 Å². The molecule has 3 nitrogen and oxygen atoms in total. The predicted octanol–water partition coefficient (Wildman–Crippen LogP) is 3.63. The maximum absolute atomic E-state index is 8.98. The van der Waals surface area contributed by atoms with Crippen LogP contribution in [0, 0.1) is 11.3 Å². The molecule has 0 aliphatic heterocycles. The maximum Gasteiger partial charge on any atom is 0.132 e. The average Bonchev–Trinajstić information content (AvgIpc) is 2.45. The summed E-state index contributed by atoms with van der Waals surface area (Å²) in [5.41, 5.74) is 1.73. The lowest BCUT2D eigenvalue weighted by Gasteiger charge is -2.22. The van der Waals surface area contributed by atoms with E-state index in [1.54, 1.807) is 12.1 Å². The van der Waals surface area contributed by atoms with Crippen LogP contribution in [0.15, 0.2) is 42.5 Å². The van der Waals surface area contributed by atoms with Crippen LogP contribution < -0.4 is 4.90 Å².